The molecule has 2 amide bonds. The summed E-state index contributed by atoms with van der Waals surface area (Å²) in [4.78, 5) is 28.4. The molecule has 3 rings (SSSR count). The maximum absolute atomic E-state index is 12.4. The molecule has 1 fully saturated rings. The first-order valence-electron chi connectivity index (χ1n) is 10.1. The molecule has 1 aliphatic heterocycles. The number of nitrogens with one attached hydrogen (secondary N) is 1. The van der Waals surface area contributed by atoms with Crippen molar-refractivity contribution in [2.45, 2.75) is 24.7 Å². The summed E-state index contributed by atoms with van der Waals surface area (Å²) in [6.07, 6.45) is 0.970. The van der Waals surface area contributed by atoms with Gasteiger partial charge in [-0.2, -0.15) is 0 Å². The summed E-state index contributed by atoms with van der Waals surface area (Å²) < 4.78 is 27.6. The van der Waals surface area contributed by atoms with E-state index in [1.165, 1.54) is 12.1 Å². The number of primary sulfonamides is 1. The Kier molecular flexibility index (Phi) is 7.42. The zero-order valence-electron chi connectivity index (χ0n) is 17.4. The van der Waals surface area contributed by atoms with Gasteiger partial charge in [-0.15, -0.1) is 0 Å². The van der Waals surface area contributed by atoms with E-state index >= 15 is 0 Å². The molecular formula is C20H27N5O5S. The van der Waals surface area contributed by atoms with Crippen molar-refractivity contribution in [3.05, 3.63) is 47.3 Å². The highest BCUT2D eigenvalue weighted by atomic mass is 32.2. The lowest BCUT2D eigenvalue weighted by atomic mass is 10.1. The molecule has 0 saturated carbocycles. The summed E-state index contributed by atoms with van der Waals surface area (Å²) in [5.41, 5.74) is 1.59. The standard InChI is InChI=1S/C20H27N5O5S/c1-15-14-18(30-23-15)20(27)25-12-10-24(11-13-25)9-7-19(26)22-8-6-16-2-4-17(5-3-16)31(21,28)29/h2-5,14H,6-13H2,1H3,(H,22,26)(H2,21,28,29). The number of rotatable bonds is 8. The van der Waals surface area contributed by atoms with Crippen molar-refractivity contribution in [1.29, 1.82) is 0 Å². The fourth-order valence-electron chi connectivity index (χ4n) is 3.33. The van der Waals surface area contributed by atoms with E-state index in [-0.39, 0.29) is 22.5 Å². The summed E-state index contributed by atoms with van der Waals surface area (Å²) in [5, 5.41) is 11.7. The van der Waals surface area contributed by atoms with E-state index in [1.807, 2.05) is 0 Å². The molecule has 168 valence electrons. The number of carbonyl (C=O) groups excluding carboxylic acids is 2. The van der Waals surface area contributed by atoms with Gasteiger partial charge in [0.2, 0.25) is 21.7 Å². The van der Waals surface area contributed by atoms with Gasteiger partial charge < -0.3 is 14.7 Å². The van der Waals surface area contributed by atoms with Gasteiger partial charge >= 0.3 is 0 Å². The lowest BCUT2D eigenvalue weighted by Crippen LogP contribution is -2.49. The quantitative estimate of drug-likeness (QED) is 0.584. The van der Waals surface area contributed by atoms with E-state index in [1.54, 1.807) is 30.0 Å². The number of aryl methyl sites for hydroxylation is 1. The molecular weight excluding hydrogens is 422 g/mol. The molecule has 1 saturated heterocycles. The topological polar surface area (TPSA) is 139 Å². The van der Waals surface area contributed by atoms with E-state index in [2.05, 4.69) is 15.4 Å². The van der Waals surface area contributed by atoms with Crippen LogP contribution in [-0.2, 0) is 21.2 Å². The molecule has 0 radical (unpaired) electrons. The second kappa shape index (κ2) is 10.0. The molecule has 0 unspecified atom stereocenters. The lowest BCUT2D eigenvalue weighted by molar-refractivity contribution is -0.121. The molecule has 31 heavy (non-hydrogen) atoms. The van der Waals surface area contributed by atoms with Gasteiger partial charge in [-0.05, 0) is 31.0 Å². The molecule has 1 aromatic heterocycles. The van der Waals surface area contributed by atoms with Crippen molar-refractivity contribution < 1.29 is 22.5 Å². The highest BCUT2D eigenvalue weighted by molar-refractivity contribution is 7.89. The Bertz CT molecular complexity index is 1010. The summed E-state index contributed by atoms with van der Waals surface area (Å²) in [6.45, 7) is 5.41. The van der Waals surface area contributed by atoms with Crippen LogP contribution in [0.25, 0.3) is 0 Å². The third-order valence-corrected chi connectivity index (χ3v) is 6.07. The maximum atomic E-state index is 12.4. The van der Waals surface area contributed by atoms with E-state index in [0.717, 1.165) is 5.56 Å². The highest BCUT2D eigenvalue weighted by Gasteiger charge is 2.24. The van der Waals surface area contributed by atoms with Crippen LogP contribution < -0.4 is 10.5 Å². The minimum atomic E-state index is -3.70. The van der Waals surface area contributed by atoms with Gasteiger partial charge in [-0.3, -0.25) is 14.5 Å². The number of benzene rings is 1. The van der Waals surface area contributed by atoms with Crippen molar-refractivity contribution in [2.75, 3.05) is 39.3 Å². The van der Waals surface area contributed by atoms with Gasteiger partial charge in [0.25, 0.3) is 5.91 Å². The number of hydrogen-bond acceptors (Lipinski definition) is 7. The minimum Gasteiger partial charge on any atom is -0.356 e. The Morgan fingerprint density at radius 1 is 1.16 bits per heavy atom. The Labute approximate surface area is 181 Å². The van der Waals surface area contributed by atoms with Crippen LogP contribution in [0.1, 0.15) is 28.2 Å². The van der Waals surface area contributed by atoms with E-state index in [0.29, 0.717) is 57.8 Å². The van der Waals surface area contributed by atoms with E-state index in [9.17, 15) is 18.0 Å². The first-order valence-corrected chi connectivity index (χ1v) is 11.6. The molecule has 2 aromatic rings. The number of hydrogen-bond donors (Lipinski definition) is 2. The number of piperazine rings is 1. The number of nitrogens with zero attached hydrogens (tertiary/aromatic N) is 3. The van der Waals surface area contributed by atoms with Gasteiger partial charge in [0, 0.05) is 51.8 Å². The van der Waals surface area contributed by atoms with Crippen LogP contribution in [-0.4, -0.2) is 74.5 Å². The van der Waals surface area contributed by atoms with Crippen molar-refractivity contribution in [2.24, 2.45) is 5.14 Å². The van der Waals surface area contributed by atoms with Crippen LogP contribution in [0.3, 0.4) is 0 Å². The first-order chi connectivity index (χ1) is 14.7. The molecule has 0 spiro atoms. The smallest absolute Gasteiger partial charge is 0.292 e. The van der Waals surface area contributed by atoms with Gasteiger partial charge in [0.15, 0.2) is 0 Å². The fourth-order valence-corrected chi connectivity index (χ4v) is 3.85. The molecule has 3 N–H and O–H groups in total. The van der Waals surface area contributed by atoms with Crippen molar-refractivity contribution in [3.63, 3.8) is 0 Å². The van der Waals surface area contributed by atoms with Crippen LogP contribution in [0.2, 0.25) is 0 Å². The number of aromatic nitrogens is 1. The van der Waals surface area contributed by atoms with Crippen LogP contribution in [0, 0.1) is 6.92 Å². The van der Waals surface area contributed by atoms with Gasteiger partial charge in [-0.25, -0.2) is 13.6 Å². The highest BCUT2D eigenvalue weighted by Crippen LogP contribution is 2.11. The zero-order chi connectivity index (χ0) is 22.4. The van der Waals surface area contributed by atoms with Gasteiger partial charge in [0.05, 0.1) is 10.6 Å². The van der Waals surface area contributed by atoms with Gasteiger partial charge in [0.1, 0.15) is 0 Å². The second-order valence-electron chi connectivity index (χ2n) is 7.51. The summed E-state index contributed by atoms with van der Waals surface area (Å²) in [5.74, 6) is 0.0523. The normalized spacial score (nSPS) is 15.1. The summed E-state index contributed by atoms with van der Waals surface area (Å²) in [7, 11) is -3.70. The number of nitrogens with two attached hydrogens (primary N) is 1. The molecule has 0 bridgehead atoms. The maximum Gasteiger partial charge on any atom is 0.292 e. The van der Waals surface area contributed by atoms with Crippen molar-refractivity contribution >= 4 is 21.8 Å². The Morgan fingerprint density at radius 2 is 1.84 bits per heavy atom. The number of amides is 2. The predicted octanol–water partition coefficient (Wildman–Crippen LogP) is 0.137. The predicted molar refractivity (Wildman–Crippen MR) is 113 cm³/mol. The third-order valence-electron chi connectivity index (χ3n) is 5.14. The molecule has 1 aliphatic rings. The lowest BCUT2D eigenvalue weighted by Gasteiger charge is -2.34. The number of sulfonamides is 1. The van der Waals surface area contributed by atoms with Crippen molar-refractivity contribution in [1.82, 2.24) is 20.3 Å². The third kappa shape index (κ3) is 6.61. The second-order valence-corrected chi connectivity index (χ2v) is 9.07. The molecule has 11 heteroatoms. The average molecular weight is 450 g/mol. The van der Waals surface area contributed by atoms with Crippen LogP contribution >= 0.6 is 0 Å². The molecule has 10 nitrogen and oxygen atoms in total. The van der Waals surface area contributed by atoms with E-state index in [4.69, 9.17) is 9.66 Å². The molecule has 2 heterocycles. The monoisotopic (exact) mass is 449 g/mol. The fraction of sp³-hybridized carbons (Fsp3) is 0.450. The largest absolute Gasteiger partial charge is 0.356 e. The summed E-state index contributed by atoms with van der Waals surface area (Å²) >= 11 is 0. The average Bonchev–Trinajstić information content (AvgIpc) is 3.18. The molecule has 0 atom stereocenters. The van der Waals surface area contributed by atoms with Crippen LogP contribution in [0.4, 0.5) is 0 Å². The Hall–Kier alpha value is -2.76. The van der Waals surface area contributed by atoms with Crippen LogP contribution in [0.5, 0.6) is 0 Å². The molecule has 0 aliphatic carbocycles. The Balaban J connectivity index is 1.33. The SMILES string of the molecule is Cc1cc(C(=O)N2CCN(CCC(=O)NCCc3ccc(S(N)(=O)=O)cc3)CC2)on1. The first kappa shape index (κ1) is 22.9. The molecule has 1 aromatic carbocycles. The minimum absolute atomic E-state index is 0.0446. The summed E-state index contributed by atoms with van der Waals surface area (Å²) in [6, 6.07) is 7.92. The van der Waals surface area contributed by atoms with Crippen molar-refractivity contribution in [3.8, 4) is 0 Å². The number of carbonyl (C=O) groups is 2. The van der Waals surface area contributed by atoms with Gasteiger partial charge in [-0.1, -0.05) is 17.3 Å². The Morgan fingerprint density at radius 3 is 2.42 bits per heavy atom. The van der Waals surface area contributed by atoms with Crippen LogP contribution in [0.15, 0.2) is 39.8 Å². The van der Waals surface area contributed by atoms with E-state index < -0.39 is 10.0 Å². The zero-order valence-corrected chi connectivity index (χ0v) is 18.2.